The maximum absolute atomic E-state index is 13.3. The van der Waals surface area contributed by atoms with Crippen molar-refractivity contribution in [2.75, 3.05) is 0 Å². The Kier molecular flexibility index (Phi) is 5.92. The lowest BCUT2D eigenvalue weighted by atomic mass is 10.2. The van der Waals surface area contributed by atoms with Gasteiger partial charge in [0.05, 0.1) is 17.1 Å². The molecule has 1 heterocycles. The maximum Gasteiger partial charge on any atom is 0.290 e. The van der Waals surface area contributed by atoms with Gasteiger partial charge in [-0.3, -0.25) is 13.9 Å². The fourth-order valence-electron chi connectivity index (χ4n) is 3.08. The number of benzene rings is 3. The second-order valence-electron chi connectivity index (χ2n) is 6.73. The third-order valence-corrected chi connectivity index (χ3v) is 5.58. The van der Waals surface area contributed by atoms with E-state index < -0.39 is 5.56 Å². The van der Waals surface area contributed by atoms with Crippen LogP contribution in [0.4, 0.5) is 11.4 Å². The van der Waals surface area contributed by atoms with Gasteiger partial charge in [-0.2, -0.15) is 0 Å². The molecule has 0 bridgehead atoms. The number of rotatable bonds is 4. The SMILES string of the molecule is Cc1ccccc1N=Nc1c(O)n(-c2ccc(Br)cc2)c(=S)n(-c2ccccc2)c1=O. The molecule has 0 aliphatic carbocycles. The molecule has 4 aromatic rings. The van der Waals surface area contributed by atoms with Crippen LogP contribution in [0.15, 0.2) is 98.4 Å². The van der Waals surface area contributed by atoms with E-state index in [9.17, 15) is 9.90 Å². The number of halogens is 1. The van der Waals surface area contributed by atoms with E-state index in [-0.39, 0.29) is 16.3 Å². The molecule has 4 rings (SSSR count). The van der Waals surface area contributed by atoms with E-state index in [0.29, 0.717) is 17.1 Å². The predicted molar refractivity (Wildman–Crippen MR) is 127 cm³/mol. The highest BCUT2D eigenvalue weighted by Crippen LogP contribution is 2.30. The van der Waals surface area contributed by atoms with E-state index in [2.05, 4.69) is 26.2 Å². The fourth-order valence-corrected chi connectivity index (χ4v) is 3.72. The first-order valence-electron chi connectivity index (χ1n) is 9.37. The number of hydrogen-bond donors (Lipinski definition) is 1. The highest BCUT2D eigenvalue weighted by atomic mass is 79.9. The number of aromatic nitrogens is 2. The first kappa shape index (κ1) is 20.9. The number of hydrogen-bond acceptors (Lipinski definition) is 5. The van der Waals surface area contributed by atoms with Crippen LogP contribution in [0, 0.1) is 11.7 Å². The largest absolute Gasteiger partial charge is 0.492 e. The van der Waals surface area contributed by atoms with E-state index in [1.807, 2.05) is 55.5 Å². The van der Waals surface area contributed by atoms with Crippen LogP contribution in [-0.4, -0.2) is 14.2 Å². The van der Waals surface area contributed by atoms with Gasteiger partial charge in [-0.1, -0.05) is 52.3 Å². The summed E-state index contributed by atoms with van der Waals surface area (Å²) in [6.45, 7) is 1.89. The van der Waals surface area contributed by atoms with Gasteiger partial charge in [0.1, 0.15) is 0 Å². The fraction of sp³-hybridized carbons (Fsp3) is 0.0435. The zero-order valence-corrected chi connectivity index (χ0v) is 18.8. The van der Waals surface area contributed by atoms with Crippen molar-refractivity contribution in [2.45, 2.75) is 6.92 Å². The van der Waals surface area contributed by atoms with Crippen molar-refractivity contribution in [3.05, 3.63) is 104 Å². The van der Waals surface area contributed by atoms with Crippen LogP contribution < -0.4 is 5.56 Å². The number of nitrogens with zero attached hydrogens (tertiary/aromatic N) is 4. The summed E-state index contributed by atoms with van der Waals surface area (Å²) in [4.78, 5) is 13.3. The summed E-state index contributed by atoms with van der Waals surface area (Å²) >= 11 is 9.01. The highest BCUT2D eigenvalue weighted by Gasteiger charge is 2.19. The van der Waals surface area contributed by atoms with Crippen LogP contribution in [0.3, 0.4) is 0 Å². The molecule has 0 amide bonds. The van der Waals surface area contributed by atoms with Crippen molar-refractivity contribution in [2.24, 2.45) is 10.2 Å². The average molecular weight is 493 g/mol. The number of para-hydroxylation sites is 1. The summed E-state index contributed by atoms with van der Waals surface area (Å²) in [6, 6.07) is 23.6. The molecular weight excluding hydrogens is 476 g/mol. The third kappa shape index (κ3) is 4.12. The molecule has 0 atom stereocenters. The summed E-state index contributed by atoms with van der Waals surface area (Å²) in [6.07, 6.45) is 0. The Hall–Kier alpha value is -3.36. The van der Waals surface area contributed by atoms with Crippen molar-refractivity contribution < 1.29 is 5.11 Å². The summed E-state index contributed by atoms with van der Waals surface area (Å²) in [5.41, 5.74) is 1.89. The van der Waals surface area contributed by atoms with Crippen molar-refractivity contribution in [3.8, 4) is 17.3 Å². The molecule has 8 heteroatoms. The minimum absolute atomic E-state index is 0.117. The Morgan fingerprint density at radius 1 is 0.839 bits per heavy atom. The minimum atomic E-state index is -0.556. The quantitative estimate of drug-likeness (QED) is 0.259. The monoisotopic (exact) mass is 492 g/mol. The van der Waals surface area contributed by atoms with Crippen molar-refractivity contribution in [1.82, 2.24) is 9.13 Å². The van der Waals surface area contributed by atoms with Gasteiger partial charge in [0.2, 0.25) is 11.6 Å². The molecule has 1 aromatic heterocycles. The molecule has 0 fully saturated rings. The lowest BCUT2D eigenvalue weighted by Gasteiger charge is -2.16. The Morgan fingerprint density at radius 3 is 2.13 bits per heavy atom. The summed E-state index contributed by atoms with van der Waals surface area (Å²) in [5, 5.41) is 19.3. The highest BCUT2D eigenvalue weighted by molar-refractivity contribution is 9.10. The van der Waals surface area contributed by atoms with E-state index in [0.717, 1.165) is 10.0 Å². The van der Waals surface area contributed by atoms with Gasteiger partial charge >= 0.3 is 0 Å². The van der Waals surface area contributed by atoms with Crippen LogP contribution in [0.1, 0.15) is 5.56 Å². The minimum Gasteiger partial charge on any atom is -0.492 e. The van der Waals surface area contributed by atoms with E-state index in [1.165, 1.54) is 9.13 Å². The first-order valence-corrected chi connectivity index (χ1v) is 10.6. The van der Waals surface area contributed by atoms with E-state index in [4.69, 9.17) is 12.2 Å². The van der Waals surface area contributed by atoms with E-state index >= 15 is 0 Å². The molecule has 0 spiro atoms. The van der Waals surface area contributed by atoms with E-state index in [1.54, 1.807) is 30.3 Å². The zero-order chi connectivity index (χ0) is 22.0. The van der Waals surface area contributed by atoms with Gasteiger partial charge in [-0.15, -0.1) is 10.2 Å². The molecule has 31 heavy (non-hydrogen) atoms. The predicted octanol–water partition coefficient (Wildman–Crippen LogP) is 6.55. The van der Waals surface area contributed by atoms with Crippen LogP contribution in [0.2, 0.25) is 0 Å². The van der Waals surface area contributed by atoms with Crippen molar-refractivity contribution >= 4 is 39.5 Å². The lowest BCUT2D eigenvalue weighted by molar-refractivity contribution is 0.432. The zero-order valence-electron chi connectivity index (χ0n) is 16.4. The normalized spacial score (nSPS) is 11.2. The number of azo groups is 1. The molecule has 0 saturated heterocycles. The molecule has 154 valence electrons. The summed E-state index contributed by atoms with van der Waals surface area (Å²) in [5.74, 6) is -0.373. The van der Waals surface area contributed by atoms with Crippen LogP contribution >= 0.6 is 28.1 Å². The Morgan fingerprint density at radius 2 is 1.45 bits per heavy atom. The van der Waals surface area contributed by atoms with Crippen molar-refractivity contribution in [3.63, 3.8) is 0 Å². The molecule has 1 N–H and O–H groups in total. The number of aryl methyl sites for hydroxylation is 1. The Balaban J connectivity index is 2.01. The molecule has 3 aromatic carbocycles. The van der Waals surface area contributed by atoms with Gasteiger partial charge in [0.25, 0.3) is 5.56 Å². The smallest absolute Gasteiger partial charge is 0.290 e. The van der Waals surface area contributed by atoms with Gasteiger partial charge in [0, 0.05) is 4.47 Å². The molecule has 0 aliphatic heterocycles. The second kappa shape index (κ2) is 8.79. The molecular formula is C23H17BrN4O2S. The molecule has 0 radical (unpaired) electrons. The molecule has 6 nitrogen and oxygen atoms in total. The molecule has 0 unspecified atom stereocenters. The van der Waals surface area contributed by atoms with Gasteiger partial charge in [-0.05, 0) is 67.2 Å². The lowest BCUT2D eigenvalue weighted by Crippen LogP contribution is -2.23. The first-order chi connectivity index (χ1) is 15.0. The molecule has 0 aliphatic rings. The third-order valence-electron chi connectivity index (χ3n) is 4.68. The summed E-state index contributed by atoms with van der Waals surface area (Å²) in [7, 11) is 0. The van der Waals surface area contributed by atoms with Crippen molar-refractivity contribution in [1.29, 1.82) is 0 Å². The van der Waals surface area contributed by atoms with Crippen LogP contribution in [0.5, 0.6) is 5.88 Å². The maximum atomic E-state index is 13.3. The second-order valence-corrected chi connectivity index (χ2v) is 8.01. The topological polar surface area (TPSA) is 71.9 Å². The van der Waals surface area contributed by atoms with Gasteiger partial charge in [-0.25, -0.2) is 0 Å². The number of aromatic hydroxyl groups is 1. The Bertz CT molecular complexity index is 1390. The van der Waals surface area contributed by atoms with Crippen LogP contribution in [0.25, 0.3) is 11.4 Å². The average Bonchev–Trinajstić information content (AvgIpc) is 2.77. The van der Waals surface area contributed by atoms with Crippen LogP contribution in [-0.2, 0) is 0 Å². The molecule has 0 saturated carbocycles. The summed E-state index contributed by atoms with van der Waals surface area (Å²) < 4.78 is 3.73. The van der Waals surface area contributed by atoms with Gasteiger partial charge < -0.3 is 5.11 Å². The van der Waals surface area contributed by atoms with Gasteiger partial charge in [0.15, 0.2) is 4.77 Å². The standard InChI is InChI=1S/C23H17BrN4O2S/c1-15-7-5-6-10-19(15)25-26-20-21(29)27(17-8-3-2-4-9-17)23(31)28(22(20)30)18-13-11-16(24)12-14-18/h2-14,30H,1H3. The Labute approximate surface area is 191 Å².